The summed E-state index contributed by atoms with van der Waals surface area (Å²) in [6.07, 6.45) is 1.36. The topological polar surface area (TPSA) is 139 Å². The third kappa shape index (κ3) is 5.24. The van der Waals surface area contributed by atoms with Gasteiger partial charge in [0.1, 0.15) is 11.6 Å². The lowest BCUT2D eigenvalue weighted by atomic mass is 10.1. The van der Waals surface area contributed by atoms with E-state index in [1.54, 1.807) is 18.2 Å². The van der Waals surface area contributed by atoms with Crippen molar-refractivity contribution >= 4 is 33.7 Å². The SMILES string of the molecule is COC(=O)c1ccc(C=C(C#N)C(=O)Nc2ccc(S(N)(=O)=O)cc2)cc1. The smallest absolute Gasteiger partial charge is 0.337 e. The number of nitriles is 1. The molecule has 0 fully saturated rings. The summed E-state index contributed by atoms with van der Waals surface area (Å²) in [6, 6.07) is 13.2. The molecule has 0 aliphatic carbocycles. The number of nitrogens with two attached hydrogens (primary N) is 1. The van der Waals surface area contributed by atoms with Crippen LogP contribution < -0.4 is 10.5 Å². The molecule has 9 heteroatoms. The number of hydrogen-bond acceptors (Lipinski definition) is 6. The predicted molar refractivity (Wildman–Crippen MR) is 97.8 cm³/mol. The molecule has 27 heavy (non-hydrogen) atoms. The number of carbonyl (C=O) groups excluding carboxylic acids is 2. The number of carbonyl (C=O) groups is 2. The Hall–Kier alpha value is -3.48. The van der Waals surface area contributed by atoms with Crippen LogP contribution in [0.3, 0.4) is 0 Å². The van der Waals surface area contributed by atoms with E-state index in [1.807, 2.05) is 0 Å². The quantitative estimate of drug-likeness (QED) is 0.456. The molecular weight excluding hydrogens is 370 g/mol. The van der Waals surface area contributed by atoms with Crippen LogP contribution in [-0.4, -0.2) is 27.4 Å². The number of nitrogens with zero attached hydrogens (tertiary/aromatic N) is 1. The van der Waals surface area contributed by atoms with Crippen LogP contribution >= 0.6 is 0 Å². The van der Waals surface area contributed by atoms with E-state index in [9.17, 15) is 23.3 Å². The highest BCUT2D eigenvalue weighted by atomic mass is 32.2. The van der Waals surface area contributed by atoms with Gasteiger partial charge in [-0.25, -0.2) is 18.4 Å². The van der Waals surface area contributed by atoms with Crippen molar-refractivity contribution in [2.45, 2.75) is 4.90 Å². The zero-order valence-corrected chi connectivity index (χ0v) is 15.0. The fraction of sp³-hybridized carbons (Fsp3) is 0.0556. The van der Waals surface area contributed by atoms with Crippen molar-refractivity contribution in [1.82, 2.24) is 0 Å². The molecule has 2 rings (SSSR count). The van der Waals surface area contributed by atoms with Gasteiger partial charge in [-0.15, -0.1) is 0 Å². The largest absolute Gasteiger partial charge is 0.465 e. The molecule has 0 saturated carbocycles. The first-order chi connectivity index (χ1) is 12.7. The van der Waals surface area contributed by atoms with Crippen molar-refractivity contribution in [2.75, 3.05) is 12.4 Å². The van der Waals surface area contributed by atoms with Crippen molar-refractivity contribution < 1.29 is 22.7 Å². The molecule has 0 atom stereocenters. The number of rotatable bonds is 5. The van der Waals surface area contributed by atoms with Gasteiger partial charge >= 0.3 is 5.97 Å². The van der Waals surface area contributed by atoms with E-state index >= 15 is 0 Å². The maximum atomic E-state index is 12.2. The molecule has 0 unspecified atom stereocenters. The average Bonchev–Trinajstić information content (AvgIpc) is 2.65. The highest BCUT2D eigenvalue weighted by Gasteiger charge is 2.12. The molecule has 0 radical (unpaired) electrons. The second-order valence-electron chi connectivity index (χ2n) is 5.31. The lowest BCUT2D eigenvalue weighted by molar-refractivity contribution is -0.112. The molecule has 0 aliphatic rings. The van der Waals surface area contributed by atoms with Crippen molar-refractivity contribution in [3.05, 3.63) is 65.2 Å². The molecule has 1 amide bonds. The fourth-order valence-electron chi connectivity index (χ4n) is 2.07. The molecule has 0 saturated heterocycles. The summed E-state index contributed by atoms with van der Waals surface area (Å²) < 4.78 is 27.0. The summed E-state index contributed by atoms with van der Waals surface area (Å²) in [4.78, 5) is 23.5. The molecular formula is C18H15N3O5S. The van der Waals surface area contributed by atoms with Crippen molar-refractivity contribution in [3.8, 4) is 6.07 Å². The summed E-state index contributed by atoms with van der Waals surface area (Å²) in [7, 11) is -2.56. The van der Waals surface area contributed by atoms with E-state index in [0.717, 1.165) is 0 Å². The first kappa shape index (κ1) is 19.8. The summed E-state index contributed by atoms with van der Waals surface area (Å²) in [5.74, 6) is -1.16. The van der Waals surface area contributed by atoms with Crippen LogP contribution in [0.2, 0.25) is 0 Å². The highest BCUT2D eigenvalue weighted by molar-refractivity contribution is 7.89. The fourth-order valence-corrected chi connectivity index (χ4v) is 2.59. The van der Waals surface area contributed by atoms with Gasteiger partial charge in [0.25, 0.3) is 5.91 Å². The molecule has 138 valence electrons. The first-order valence-electron chi connectivity index (χ1n) is 7.49. The van der Waals surface area contributed by atoms with Crippen LogP contribution in [0.1, 0.15) is 15.9 Å². The van der Waals surface area contributed by atoms with Gasteiger partial charge in [0.2, 0.25) is 10.0 Å². The molecule has 8 nitrogen and oxygen atoms in total. The Bertz CT molecular complexity index is 1030. The van der Waals surface area contributed by atoms with Crippen LogP contribution in [0.5, 0.6) is 0 Å². The molecule has 0 bridgehead atoms. The third-order valence-electron chi connectivity index (χ3n) is 3.45. The highest BCUT2D eigenvalue weighted by Crippen LogP contribution is 2.15. The maximum Gasteiger partial charge on any atom is 0.337 e. The number of sulfonamides is 1. The van der Waals surface area contributed by atoms with Crippen LogP contribution in [0.15, 0.2) is 59.0 Å². The van der Waals surface area contributed by atoms with Gasteiger partial charge in [-0.2, -0.15) is 5.26 Å². The molecule has 3 N–H and O–H groups in total. The van der Waals surface area contributed by atoms with Crippen LogP contribution in [0, 0.1) is 11.3 Å². The second kappa shape index (κ2) is 8.27. The number of anilines is 1. The number of esters is 1. The normalized spacial score (nSPS) is 11.4. The minimum Gasteiger partial charge on any atom is -0.465 e. The van der Waals surface area contributed by atoms with Crippen molar-refractivity contribution in [3.63, 3.8) is 0 Å². The molecule has 0 heterocycles. The lowest BCUT2D eigenvalue weighted by Gasteiger charge is -2.05. The minimum absolute atomic E-state index is 0.0951. The maximum absolute atomic E-state index is 12.2. The molecule has 0 aromatic heterocycles. The Balaban J connectivity index is 2.17. The zero-order chi connectivity index (χ0) is 20.0. The minimum atomic E-state index is -3.83. The number of hydrogen-bond donors (Lipinski definition) is 2. The van der Waals surface area contributed by atoms with Gasteiger partial charge in [-0.05, 0) is 48.0 Å². The van der Waals surface area contributed by atoms with Crippen molar-refractivity contribution in [1.29, 1.82) is 5.26 Å². The summed E-state index contributed by atoms with van der Waals surface area (Å²) in [6.45, 7) is 0. The molecule has 0 spiro atoms. The average molecular weight is 385 g/mol. The predicted octanol–water partition coefficient (Wildman–Crippen LogP) is 1.67. The van der Waals surface area contributed by atoms with Crippen molar-refractivity contribution in [2.24, 2.45) is 5.14 Å². The number of ether oxygens (including phenoxy) is 1. The summed E-state index contributed by atoms with van der Waals surface area (Å²) >= 11 is 0. The van der Waals surface area contributed by atoms with E-state index in [0.29, 0.717) is 16.8 Å². The zero-order valence-electron chi connectivity index (χ0n) is 14.2. The standard InChI is InChI=1S/C18H15N3O5S/c1-26-18(23)13-4-2-12(3-5-13)10-14(11-19)17(22)21-15-6-8-16(9-7-15)27(20,24)25/h2-10H,1H3,(H,21,22)(H2,20,24,25). The molecule has 2 aromatic carbocycles. The van der Waals surface area contributed by atoms with Crippen LogP contribution in [0.4, 0.5) is 5.69 Å². The number of primary sulfonamides is 1. The third-order valence-corrected chi connectivity index (χ3v) is 4.38. The number of methoxy groups -OCH3 is 1. The summed E-state index contributed by atoms with van der Waals surface area (Å²) in [5.41, 5.74) is 1.01. The Labute approximate surface area is 155 Å². The van der Waals surface area contributed by atoms with E-state index in [2.05, 4.69) is 10.1 Å². The molecule has 0 aliphatic heterocycles. The Kier molecular flexibility index (Phi) is 6.07. The Morgan fingerprint density at radius 2 is 1.70 bits per heavy atom. The van der Waals surface area contributed by atoms with E-state index < -0.39 is 21.9 Å². The van der Waals surface area contributed by atoms with Gasteiger partial charge in [-0.1, -0.05) is 12.1 Å². The van der Waals surface area contributed by atoms with E-state index in [-0.39, 0.29) is 10.5 Å². The van der Waals surface area contributed by atoms with Gasteiger partial charge in [0.05, 0.1) is 17.6 Å². The van der Waals surface area contributed by atoms with Crippen LogP contribution in [0.25, 0.3) is 6.08 Å². The summed E-state index contributed by atoms with van der Waals surface area (Å²) in [5, 5.41) is 16.7. The lowest BCUT2D eigenvalue weighted by Crippen LogP contribution is -2.14. The number of benzene rings is 2. The monoisotopic (exact) mass is 385 g/mol. The van der Waals surface area contributed by atoms with Gasteiger partial charge in [0, 0.05) is 5.69 Å². The molecule has 2 aromatic rings. The van der Waals surface area contributed by atoms with Crippen LogP contribution in [-0.2, 0) is 19.6 Å². The van der Waals surface area contributed by atoms with Gasteiger partial charge in [0.15, 0.2) is 0 Å². The van der Waals surface area contributed by atoms with Gasteiger partial charge in [-0.3, -0.25) is 4.79 Å². The number of amides is 1. The van der Waals surface area contributed by atoms with E-state index in [1.165, 1.54) is 49.6 Å². The van der Waals surface area contributed by atoms with Gasteiger partial charge < -0.3 is 10.1 Å². The van der Waals surface area contributed by atoms with E-state index in [4.69, 9.17) is 5.14 Å². The Morgan fingerprint density at radius 1 is 1.11 bits per heavy atom. The Morgan fingerprint density at radius 3 is 2.19 bits per heavy atom. The number of nitrogens with one attached hydrogen (secondary N) is 1. The second-order valence-corrected chi connectivity index (χ2v) is 6.87. The first-order valence-corrected chi connectivity index (χ1v) is 9.03.